The van der Waals surface area contributed by atoms with Crippen molar-refractivity contribution in [2.75, 3.05) is 55.2 Å². The molecule has 3 heterocycles. The normalized spacial score (nSPS) is 15.6. The van der Waals surface area contributed by atoms with Crippen molar-refractivity contribution in [3.63, 3.8) is 0 Å². The van der Waals surface area contributed by atoms with Crippen molar-refractivity contribution in [1.82, 2.24) is 15.3 Å². The monoisotopic (exact) mass is 514 g/mol. The Labute approximate surface area is 213 Å². The number of para-hydroxylation sites is 1. The number of hydrogen-bond acceptors (Lipinski definition) is 8. The molecule has 9 nitrogen and oxygen atoms in total. The molecule has 0 saturated carbocycles. The number of benzene rings is 2. The minimum atomic E-state index is -0.334. The van der Waals surface area contributed by atoms with E-state index in [0.717, 1.165) is 37.6 Å². The van der Waals surface area contributed by atoms with Crippen LogP contribution < -0.4 is 25.2 Å². The molecular weight excluding hydrogens is 491 g/mol. The quantitative estimate of drug-likeness (QED) is 0.508. The van der Waals surface area contributed by atoms with Crippen LogP contribution in [0.2, 0.25) is 10.0 Å². The van der Waals surface area contributed by atoms with E-state index < -0.39 is 0 Å². The Morgan fingerprint density at radius 1 is 1.11 bits per heavy atom. The molecule has 0 bridgehead atoms. The standard InChI is InChI=1S/C24H24Cl2N6O3/c1-27-12-15-11-16(5-6-20(15)31-7-9-34-10-8-31)29-24-28-13-17-22(30-24)35-14-32(23(17)33)21-18(25)3-2-4-19(21)26/h2-6,11,13,27H,7-10,12,14H2,1H3,(H,28,29,30). The number of carbonyl (C=O) groups excluding carboxylic acids is 1. The number of nitrogens with zero attached hydrogens (tertiary/aromatic N) is 4. The lowest BCUT2D eigenvalue weighted by Crippen LogP contribution is -2.39. The Morgan fingerprint density at radius 2 is 1.89 bits per heavy atom. The Morgan fingerprint density at radius 3 is 2.63 bits per heavy atom. The number of morpholine rings is 1. The van der Waals surface area contributed by atoms with Crippen LogP contribution in [0.25, 0.3) is 0 Å². The fourth-order valence-corrected chi connectivity index (χ4v) is 4.76. The van der Waals surface area contributed by atoms with Gasteiger partial charge in [-0.3, -0.25) is 9.69 Å². The number of anilines is 4. The van der Waals surface area contributed by atoms with Crippen molar-refractivity contribution in [2.24, 2.45) is 0 Å². The van der Waals surface area contributed by atoms with Crippen LogP contribution in [0, 0.1) is 0 Å². The Kier molecular flexibility index (Phi) is 6.92. The lowest BCUT2D eigenvalue weighted by Gasteiger charge is -2.31. The summed E-state index contributed by atoms with van der Waals surface area (Å²) in [6.45, 7) is 3.82. The van der Waals surface area contributed by atoms with Gasteiger partial charge in [0.15, 0.2) is 6.73 Å². The molecule has 5 rings (SSSR count). The molecule has 0 spiro atoms. The highest BCUT2D eigenvalue weighted by Gasteiger charge is 2.31. The van der Waals surface area contributed by atoms with Crippen molar-refractivity contribution in [3.8, 4) is 5.88 Å². The first-order valence-corrected chi connectivity index (χ1v) is 11.9. The first kappa shape index (κ1) is 23.6. The van der Waals surface area contributed by atoms with Crippen LogP contribution >= 0.6 is 23.2 Å². The van der Waals surface area contributed by atoms with E-state index in [9.17, 15) is 4.79 Å². The lowest BCUT2D eigenvalue weighted by molar-refractivity contribution is 0.0932. The Balaban J connectivity index is 1.37. The van der Waals surface area contributed by atoms with Gasteiger partial charge in [-0.1, -0.05) is 29.3 Å². The third-order valence-electron chi connectivity index (χ3n) is 5.82. The highest BCUT2D eigenvalue weighted by Crippen LogP contribution is 2.37. The molecule has 0 radical (unpaired) electrons. The van der Waals surface area contributed by atoms with E-state index in [1.54, 1.807) is 18.2 Å². The summed E-state index contributed by atoms with van der Waals surface area (Å²) < 4.78 is 11.3. The average Bonchev–Trinajstić information content (AvgIpc) is 2.86. The van der Waals surface area contributed by atoms with E-state index in [-0.39, 0.29) is 24.1 Å². The lowest BCUT2D eigenvalue weighted by atomic mass is 10.1. The van der Waals surface area contributed by atoms with Crippen molar-refractivity contribution >= 4 is 52.1 Å². The van der Waals surface area contributed by atoms with Crippen molar-refractivity contribution < 1.29 is 14.3 Å². The summed E-state index contributed by atoms with van der Waals surface area (Å²) in [5.74, 6) is 0.196. The molecule has 1 saturated heterocycles. The SMILES string of the molecule is CNCc1cc(Nc2ncc3c(n2)OCN(c2c(Cl)cccc2Cl)C3=O)ccc1N1CCOCC1. The van der Waals surface area contributed by atoms with Gasteiger partial charge in [0.2, 0.25) is 11.8 Å². The van der Waals surface area contributed by atoms with E-state index >= 15 is 0 Å². The molecule has 0 aliphatic carbocycles. The third kappa shape index (κ3) is 4.85. The average molecular weight is 515 g/mol. The second-order valence-corrected chi connectivity index (χ2v) is 8.90. The third-order valence-corrected chi connectivity index (χ3v) is 6.43. The van der Waals surface area contributed by atoms with Gasteiger partial charge in [0, 0.05) is 37.2 Å². The molecule has 182 valence electrons. The zero-order valence-corrected chi connectivity index (χ0v) is 20.6. The molecular formula is C24H24Cl2N6O3. The van der Waals surface area contributed by atoms with Gasteiger partial charge in [-0.25, -0.2) is 4.98 Å². The first-order valence-electron chi connectivity index (χ1n) is 11.2. The van der Waals surface area contributed by atoms with Gasteiger partial charge in [0.25, 0.3) is 5.91 Å². The van der Waals surface area contributed by atoms with E-state index in [1.165, 1.54) is 16.8 Å². The van der Waals surface area contributed by atoms with Crippen LogP contribution in [0.4, 0.5) is 23.0 Å². The minimum Gasteiger partial charge on any atom is -0.455 e. The number of amides is 1. The number of halogens is 2. The van der Waals surface area contributed by atoms with Crippen LogP contribution in [0.5, 0.6) is 5.88 Å². The molecule has 2 aliphatic rings. The molecule has 0 atom stereocenters. The van der Waals surface area contributed by atoms with Gasteiger partial charge in [0.05, 0.1) is 28.9 Å². The number of nitrogens with one attached hydrogen (secondary N) is 2. The molecule has 1 aromatic heterocycles. The first-order chi connectivity index (χ1) is 17.0. The topological polar surface area (TPSA) is 91.9 Å². The molecule has 3 aromatic rings. The summed E-state index contributed by atoms with van der Waals surface area (Å²) in [5, 5.41) is 7.16. The van der Waals surface area contributed by atoms with Crippen molar-refractivity contribution in [1.29, 1.82) is 0 Å². The van der Waals surface area contributed by atoms with E-state index in [2.05, 4.69) is 37.6 Å². The van der Waals surface area contributed by atoms with Crippen LogP contribution in [0.15, 0.2) is 42.6 Å². The van der Waals surface area contributed by atoms with Gasteiger partial charge < -0.3 is 25.0 Å². The predicted octanol–water partition coefficient (Wildman–Crippen LogP) is 4.08. The molecule has 1 fully saturated rings. The zero-order valence-electron chi connectivity index (χ0n) is 19.1. The van der Waals surface area contributed by atoms with E-state index in [4.69, 9.17) is 32.7 Å². The van der Waals surface area contributed by atoms with Crippen molar-refractivity contribution in [2.45, 2.75) is 6.54 Å². The molecule has 2 N–H and O–H groups in total. The van der Waals surface area contributed by atoms with Crippen LogP contribution in [-0.2, 0) is 11.3 Å². The second-order valence-electron chi connectivity index (χ2n) is 8.09. The smallest absolute Gasteiger partial charge is 0.268 e. The maximum atomic E-state index is 13.1. The molecule has 35 heavy (non-hydrogen) atoms. The summed E-state index contributed by atoms with van der Waals surface area (Å²) in [4.78, 5) is 25.6. The highest BCUT2D eigenvalue weighted by molar-refractivity contribution is 6.40. The van der Waals surface area contributed by atoms with Crippen molar-refractivity contribution in [3.05, 3.63) is 63.8 Å². The van der Waals surface area contributed by atoms with Gasteiger partial charge in [0.1, 0.15) is 5.56 Å². The number of hydrogen-bond donors (Lipinski definition) is 2. The maximum Gasteiger partial charge on any atom is 0.268 e. The fraction of sp³-hybridized carbons (Fsp3) is 0.292. The second kappa shape index (κ2) is 10.2. The number of carbonyl (C=O) groups is 1. The summed E-state index contributed by atoms with van der Waals surface area (Å²) in [7, 11) is 1.92. The van der Waals surface area contributed by atoms with Crippen LogP contribution in [-0.4, -0.2) is 56.0 Å². The van der Waals surface area contributed by atoms with E-state index in [0.29, 0.717) is 28.2 Å². The Bertz CT molecular complexity index is 1230. The maximum absolute atomic E-state index is 13.1. The van der Waals surface area contributed by atoms with Gasteiger partial charge >= 0.3 is 0 Å². The Hall–Kier alpha value is -3.11. The number of rotatable bonds is 6. The summed E-state index contributed by atoms with van der Waals surface area (Å²) in [6.07, 6.45) is 1.44. The van der Waals surface area contributed by atoms with Gasteiger partial charge in [-0.15, -0.1) is 0 Å². The highest BCUT2D eigenvalue weighted by atomic mass is 35.5. The van der Waals surface area contributed by atoms with Gasteiger partial charge in [-0.2, -0.15) is 4.98 Å². The largest absolute Gasteiger partial charge is 0.455 e. The number of fused-ring (bicyclic) bond motifs is 1. The summed E-state index contributed by atoms with van der Waals surface area (Å²) >= 11 is 12.6. The number of aromatic nitrogens is 2. The summed E-state index contributed by atoms with van der Waals surface area (Å²) in [6, 6.07) is 11.2. The molecule has 2 aromatic carbocycles. The zero-order chi connectivity index (χ0) is 24.4. The molecule has 2 aliphatic heterocycles. The number of ether oxygens (including phenoxy) is 2. The minimum absolute atomic E-state index is 0.0632. The predicted molar refractivity (Wildman–Crippen MR) is 136 cm³/mol. The van der Waals surface area contributed by atoms with E-state index in [1.807, 2.05) is 13.1 Å². The molecule has 11 heteroatoms. The molecule has 0 unspecified atom stereocenters. The van der Waals surface area contributed by atoms with Crippen LogP contribution in [0.1, 0.15) is 15.9 Å². The van der Waals surface area contributed by atoms with Gasteiger partial charge in [-0.05, 0) is 42.9 Å². The van der Waals surface area contributed by atoms with Crippen LogP contribution in [0.3, 0.4) is 0 Å². The molecule has 1 amide bonds. The summed E-state index contributed by atoms with van der Waals surface area (Å²) in [5.41, 5.74) is 3.78. The fourth-order valence-electron chi connectivity index (χ4n) is 4.16.